The van der Waals surface area contributed by atoms with E-state index in [1.54, 1.807) is 0 Å². The molecule has 0 aliphatic rings. The summed E-state index contributed by atoms with van der Waals surface area (Å²) >= 11 is 1.97. The second-order valence-electron chi connectivity index (χ2n) is 5.39. The maximum absolute atomic E-state index is 3.72. The Kier molecular flexibility index (Phi) is 5.68. The summed E-state index contributed by atoms with van der Waals surface area (Å²) in [4.78, 5) is 3.00. The van der Waals surface area contributed by atoms with Gasteiger partial charge in [-0.05, 0) is 43.4 Å². The van der Waals surface area contributed by atoms with Gasteiger partial charge in [0, 0.05) is 15.8 Å². The van der Waals surface area contributed by atoms with Crippen molar-refractivity contribution in [3.05, 3.63) is 21.9 Å². The summed E-state index contributed by atoms with van der Waals surface area (Å²) in [5, 5.41) is 3.72. The van der Waals surface area contributed by atoms with E-state index in [9.17, 15) is 0 Å². The largest absolute Gasteiger partial charge is 0.309 e. The van der Waals surface area contributed by atoms with E-state index < -0.39 is 0 Å². The molecule has 0 radical (unpaired) electrons. The molecule has 0 aliphatic carbocycles. The lowest BCUT2D eigenvalue weighted by molar-refractivity contribution is 0.238. The minimum absolute atomic E-state index is 0.324. The molecule has 0 aromatic carbocycles. The van der Waals surface area contributed by atoms with Crippen LogP contribution in [0.2, 0.25) is 0 Å². The number of hydrogen-bond donors (Lipinski definition) is 1. The van der Waals surface area contributed by atoms with Crippen molar-refractivity contribution in [3.63, 3.8) is 0 Å². The van der Waals surface area contributed by atoms with Gasteiger partial charge in [-0.25, -0.2) is 0 Å². The summed E-state index contributed by atoms with van der Waals surface area (Å²) in [6.07, 6.45) is 3.55. The highest BCUT2D eigenvalue weighted by Gasteiger charge is 2.29. The molecular weight excluding hydrogens is 226 g/mol. The van der Waals surface area contributed by atoms with Crippen LogP contribution in [-0.4, -0.2) is 6.54 Å². The Balaban J connectivity index is 2.89. The summed E-state index contributed by atoms with van der Waals surface area (Å²) in [7, 11) is 0. The van der Waals surface area contributed by atoms with Crippen LogP contribution in [-0.2, 0) is 6.42 Å². The SMILES string of the molecule is CCCNC(c1ccc(CC)s1)C(C)(C)CC. The highest BCUT2D eigenvalue weighted by atomic mass is 32.1. The van der Waals surface area contributed by atoms with Gasteiger partial charge in [0.2, 0.25) is 0 Å². The molecule has 1 unspecified atom stereocenters. The first-order valence-corrected chi connectivity index (χ1v) is 7.68. The van der Waals surface area contributed by atoms with Crippen LogP contribution in [0.1, 0.15) is 63.3 Å². The van der Waals surface area contributed by atoms with Crippen molar-refractivity contribution in [1.82, 2.24) is 5.32 Å². The molecule has 1 aromatic rings. The number of rotatable bonds is 7. The number of hydrogen-bond acceptors (Lipinski definition) is 2. The predicted octanol–water partition coefficient (Wildman–Crippen LogP) is 4.79. The molecule has 0 saturated heterocycles. The third-order valence-electron chi connectivity index (χ3n) is 3.61. The van der Waals surface area contributed by atoms with E-state index in [1.165, 1.54) is 22.6 Å². The normalized spacial score (nSPS) is 13.9. The molecule has 0 amide bonds. The summed E-state index contributed by atoms with van der Waals surface area (Å²) in [6.45, 7) is 12.6. The maximum atomic E-state index is 3.72. The van der Waals surface area contributed by atoms with E-state index in [2.05, 4.69) is 52.1 Å². The van der Waals surface area contributed by atoms with Gasteiger partial charge in [-0.2, -0.15) is 0 Å². The van der Waals surface area contributed by atoms with Gasteiger partial charge in [-0.1, -0.05) is 34.6 Å². The minimum atomic E-state index is 0.324. The van der Waals surface area contributed by atoms with Crippen molar-refractivity contribution in [3.8, 4) is 0 Å². The summed E-state index contributed by atoms with van der Waals surface area (Å²) in [5.74, 6) is 0. The van der Waals surface area contributed by atoms with E-state index >= 15 is 0 Å². The van der Waals surface area contributed by atoms with Crippen molar-refractivity contribution >= 4 is 11.3 Å². The molecule has 1 nitrogen and oxygen atoms in total. The van der Waals surface area contributed by atoms with Crippen LogP contribution in [0.3, 0.4) is 0 Å². The third kappa shape index (κ3) is 3.82. The second kappa shape index (κ2) is 6.55. The monoisotopic (exact) mass is 253 g/mol. The van der Waals surface area contributed by atoms with Gasteiger partial charge in [0.15, 0.2) is 0 Å². The highest BCUT2D eigenvalue weighted by Crippen LogP contribution is 2.39. The first-order valence-electron chi connectivity index (χ1n) is 6.87. The topological polar surface area (TPSA) is 12.0 Å². The van der Waals surface area contributed by atoms with Crippen LogP contribution in [0.5, 0.6) is 0 Å². The van der Waals surface area contributed by atoms with Crippen molar-refractivity contribution in [2.24, 2.45) is 5.41 Å². The van der Waals surface area contributed by atoms with Gasteiger partial charge in [-0.15, -0.1) is 11.3 Å². The fourth-order valence-corrected chi connectivity index (χ4v) is 3.23. The Morgan fingerprint density at radius 3 is 2.41 bits per heavy atom. The van der Waals surface area contributed by atoms with Gasteiger partial charge >= 0.3 is 0 Å². The molecule has 0 bridgehead atoms. The summed E-state index contributed by atoms with van der Waals surface area (Å²) in [5.41, 5.74) is 0.324. The molecule has 0 spiro atoms. The Morgan fingerprint density at radius 1 is 1.24 bits per heavy atom. The maximum Gasteiger partial charge on any atom is 0.0466 e. The zero-order valence-electron chi connectivity index (χ0n) is 12.0. The Bertz CT molecular complexity index is 327. The van der Waals surface area contributed by atoms with E-state index in [4.69, 9.17) is 0 Å². The first-order chi connectivity index (χ1) is 8.05. The number of aryl methyl sites for hydroxylation is 1. The van der Waals surface area contributed by atoms with Crippen LogP contribution in [0.15, 0.2) is 12.1 Å². The lowest BCUT2D eigenvalue weighted by Crippen LogP contribution is -2.33. The lowest BCUT2D eigenvalue weighted by atomic mass is 9.81. The molecule has 1 aromatic heterocycles. The van der Waals surface area contributed by atoms with Crippen molar-refractivity contribution < 1.29 is 0 Å². The lowest BCUT2D eigenvalue weighted by Gasteiger charge is -2.33. The first kappa shape index (κ1) is 14.7. The molecular formula is C15H27NS. The molecule has 17 heavy (non-hydrogen) atoms. The molecule has 0 aliphatic heterocycles. The molecule has 1 rings (SSSR count). The van der Waals surface area contributed by atoms with E-state index in [-0.39, 0.29) is 0 Å². The predicted molar refractivity (Wildman–Crippen MR) is 78.8 cm³/mol. The average molecular weight is 253 g/mol. The van der Waals surface area contributed by atoms with Crippen LogP contribution in [0.4, 0.5) is 0 Å². The minimum Gasteiger partial charge on any atom is -0.309 e. The fraction of sp³-hybridized carbons (Fsp3) is 0.733. The summed E-state index contributed by atoms with van der Waals surface area (Å²) in [6, 6.07) is 5.10. The van der Waals surface area contributed by atoms with Crippen LogP contribution in [0, 0.1) is 5.41 Å². The van der Waals surface area contributed by atoms with Gasteiger partial charge < -0.3 is 5.32 Å². The Labute approximate surface area is 111 Å². The molecule has 98 valence electrons. The van der Waals surface area contributed by atoms with Crippen LogP contribution >= 0.6 is 11.3 Å². The molecule has 1 atom stereocenters. The molecule has 0 fully saturated rings. The molecule has 0 saturated carbocycles. The number of nitrogens with one attached hydrogen (secondary N) is 1. The smallest absolute Gasteiger partial charge is 0.0466 e. The zero-order valence-corrected chi connectivity index (χ0v) is 12.8. The van der Waals surface area contributed by atoms with Gasteiger partial charge in [-0.3, -0.25) is 0 Å². The van der Waals surface area contributed by atoms with Crippen LogP contribution in [0.25, 0.3) is 0 Å². The Morgan fingerprint density at radius 2 is 1.94 bits per heavy atom. The Hall–Kier alpha value is -0.340. The average Bonchev–Trinajstić information content (AvgIpc) is 2.78. The second-order valence-corrected chi connectivity index (χ2v) is 6.59. The van der Waals surface area contributed by atoms with E-state index in [1.807, 2.05) is 11.3 Å². The molecule has 2 heteroatoms. The quantitative estimate of drug-likeness (QED) is 0.737. The fourth-order valence-electron chi connectivity index (χ4n) is 1.99. The van der Waals surface area contributed by atoms with Gasteiger partial charge in [0.1, 0.15) is 0 Å². The third-order valence-corrected chi connectivity index (χ3v) is 4.90. The number of thiophene rings is 1. The van der Waals surface area contributed by atoms with Gasteiger partial charge in [0.05, 0.1) is 0 Å². The summed E-state index contributed by atoms with van der Waals surface area (Å²) < 4.78 is 0. The molecule has 1 heterocycles. The standard InChI is InChI=1S/C15H27NS/c1-6-11-16-14(15(4,5)8-3)13-10-9-12(7-2)17-13/h9-10,14,16H,6-8,11H2,1-5H3. The van der Waals surface area contributed by atoms with Crippen molar-refractivity contribution in [2.45, 2.75) is 59.9 Å². The van der Waals surface area contributed by atoms with E-state index in [0.29, 0.717) is 11.5 Å². The van der Waals surface area contributed by atoms with E-state index in [0.717, 1.165) is 13.0 Å². The molecule has 1 N–H and O–H groups in total. The highest BCUT2D eigenvalue weighted by molar-refractivity contribution is 7.12. The van der Waals surface area contributed by atoms with Gasteiger partial charge in [0.25, 0.3) is 0 Å². The van der Waals surface area contributed by atoms with Crippen LogP contribution < -0.4 is 5.32 Å². The van der Waals surface area contributed by atoms with Crippen molar-refractivity contribution in [1.29, 1.82) is 0 Å². The van der Waals surface area contributed by atoms with Crippen molar-refractivity contribution in [2.75, 3.05) is 6.54 Å². The zero-order chi connectivity index (χ0) is 12.9.